The molecule has 0 amide bonds. The lowest BCUT2D eigenvalue weighted by atomic mass is 10.00. The molecule has 2 N–H and O–H groups in total. The van der Waals surface area contributed by atoms with E-state index < -0.39 is 35.6 Å². The van der Waals surface area contributed by atoms with Gasteiger partial charge in [-0.1, -0.05) is 18.2 Å². The van der Waals surface area contributed by atoms with Crippen LogP contribution in [0.25, 0.3) is 0 Å². The third-order valence-corrected chi connectivity index (χ3v) is 4.44. The number of hydrogen-bond donors (Lipinski definition) is 2. The second-order valence-electron chi connectivity index (χ2n) is 6.31. The predicted molar refractivity (Wildman–Crippen MR) is 105 cm³/mol. The monoisotopic (exact) mass is 421 g/mol. The molecular formula is C19H19NO8S. The molecule has 29 heavy (non-hydrogen) atoms. The maximum absolute atomic E-state index is 10.7. The Morgan fingerprint density at radius 2 is 1.72 bits per heavy atom. The molecule has 10 heteroatoms. The van der Waals surface area contributed by atoms with Crippen LogP contribution in [0, 0.1) is 10.1 Å². The summed E-state index contributed by atoms with van der Waals surface area (Å²) in [7, 11) is 0. The summed E-state index contributed by atoms with van der Waals surface area (Å²) in [6.45, 7) is 1.61. The molecule has 1 aliphatic heterocycles. The summed E-state index contributed by atoms with van der Waals surface area (Å²) in [6.07, 6.45) is -5.53. The lowest BCUT2D eigenvalue weighted by molar-refractivity contribution is -0.384. The molecule has 9 nitrogen and oxygen atoms in total. The number of hydrogen-bond acceptors (Lipinski definition) is 9. The Balaban J connectivity index is 1.65. The molecule has 5 atom stereocenters. The van der Waals surface area contributed by atoms with Gasteiger partial charge in [-0.2, -0.15) is 0 Å². The molecule has 1 aliphatic rings. The largest absolute Gasteiger partial charge is 0.462 e. The van der Waals surface area contributed by atoms with E-state index in [4.69, 9.17) is 31.2 Å². The van der Waals surface area contributed by atoms with Gasteiger partial charge >= 0.3 is 5.24 Å². The number of benzene rings is 2. The van der Waals surface area contributed by atoms with E-state index in [9.17, 15) is 20.3 Å². The van der Waals surface area contributed by atoms with Crippen LogP contribution in [-0.4, -0.2) is 51.1 Å². The van der Waals surface area contributed by atoms with Gasteiger partial charge in [-0.05, 0) is 31.2 Å². The van der Waals surface area contributed by atoms with Crippen LogP contribution in [0.1, 0.15) is 6.92 Å². The van der Waals surface area contributed by atoms with Crippen molar-refractivity contribution in [3.63, 3.8) is 0 Å². The minimum atomic E-state index is -1.36. The molecule has 0 bridgehead atoms. The first-order valence-electron chi connectivity index (χ1n) is 8.71. The third-order valence-electron chi connectivity index (χ3n) is 4.26. The molecule has 0 aliphatic carbocycles. The molecule has 154 valence electrons. The minimum Gasteiger partial charge on any atom is -0.462 e. The molecule has 3 rings (SSSR count). The van der Waals surface area contributed by atoms with Gasteiger partial charge in [0.15, 0.2) is 12.2 Å². The number of non-ortho nitro benzene ring substituents is 1. The molecule has 0 unspecified atom stereocenters. The van der Waals surface area contributed by atoms with Crippen molar-refractivity contribution in [1.29, 1.82) is 0 Å². The quantitative estimate of drug-likeness (QED) is 0.425. The van der Waals surface area contributed by atoms with E-state index >= 15 is 0 Å². The molecule has 1 fully saturated rings. The van der Waals surface area contributed by atoms with Crippen molar-refractivity contribution >= 4 is 23.1 Å². The summed E-state index contributed by atoms with van der Waals surface area (Å²) < 4.78 is 21.9. The highest BCUT2D eigenvalue weighted by Gasteiger charge is 2.46. The van der Waals surface area contributed by atoms with E-state index in [-0.39, 0.29) is 16.7 Å². The summed E-state index contributed by atoms with van der Waals surface area (Å²) >= 11 is 5.03. The summed E-state index contributed by atoms with van der Waals surface area (Å²) in [5.74, 6) is 0.686. The molecule has 1 saturated heterocycles. The van der Waals surface area contributed by atoms with Crippen molar-refractivity contribution in [3.8, 4) is 11.5 Å². The van der Waals surface area contributed by atoms with Crippen molar-refractivity contribution in [2.24, 2.45) is 0 Å². The smallest absolute Gasteiger partial charge is 0.358 e. The van der Waals surface area contributed by atoms with Crippen LogP contribution in [0.3, 0.4) is 0 Å². The van der Waals surface area contributed by atoms with Crippen molar-refractivity contribution < 1.29 is 34.1 Å². The highest BCUT2D eigenvalue weighted by atomic mass is 32.1. The third kappa shape index (κ3) is 5.18. The minimum absolute atomic E-state index is 0.103. The van der Waals surface area contributed by atoms with Gasteiger partial charge in [0.05, 0.1) is 11.0 Å². The van der Waals surface area contributed by atoms with E-state index in [0.29, 0.717) is 5.75 Å². The molecule has 0 aromatic heterocycles. The average molecular weight is 421 g/mol. The summed E-state index contributed by atoms with van der Waals surface area (Å²) in [6, 6.07) is 14.0. The van der Waals surface area contributed by atoms with Crippen molar-refractivity contribution in [2.45, 2.75) is 37.6 Å². The number of nitro groups is 1. The van der Waals surface area contributed by atoms with E-state index in [2.05, 4.69) is 0 Å². The number of aliphatic hydroxyl groups excluding tert-OH is 2. The highest BCUT2D eigenvalue weighted by Crippen LogP contribution is 2.27. The number of para-hydroxylation sites is 1. The number of rotatable bonds is 5. The summed E-state index contributed by atoms with van der Waals surface area (Å²) in [4.78, 5) is 10.2. The number of nitrogens with zero attached hydrogens (tertiary/aromatic N) is 1. The van der Waals surface area contributed by atoms with Crippen LogP contribution in [0.2, 0.25) is 0 Å². The van der Waals surface area contributed by atoms with Gasteiger partial charge in [-0.3, -0.25) is 10.1 Å². The summed E-state index contributed by atoms with van der Waals surface area (Å²) in [5, 5.41) is 31.2. The molecule has 0 radical (unpaired) electrons. The van der Waals surface area contributed by atoms with Gasteiger partial charge in [0, 0.05) is 24.4 Å². The second-order valence-corrected chi connectivity index (χ2v) is 6.64. The Morgan fingerprint density at radius 3 is 2.34 bits per heavy atom. The van der Waals surface area contributed by atoms with Gasteiger partial charge in [-0.25, -0.2) is 0 Å². The van der Waals surface area contributed by atoms with Gasteiger partial charge in [-0.15, -0.1) is 0 Å². The number of thiocarbonyl (C=S) groups is 1. The first kappa shape index (κ1) is 20.9. The van der Waals surface area contributed by atoms with Crippen LogP contribution in [0.15, 0.2) is 54.6 Å². The number of aliphatic hydroxyl groups is 2. The first-order chi connectivity index (χ1) is 13.8. The van der Waals surface area contributed by atoms with Crippen LogP contribution in [0.5, 0.6) is 11.5 Å². The standard InChI is InChI=1S/C19H19NO8S/c1-11-15(21)17(16(22)18(25-11)26-13-5-3-2-4-6-13)28-19(29)27-14-9-7-12(8-10-14)20(23)24/h2-11,15-18,21-22H,1H3/t11-,15-,16+,17+,18-/m0/s1. The molecule has 2 aromatic carbocycles. The normalized spacial score (nSPS) is 26.4. The SMILES string of the molecule is C[C@@H]1O[C@@H](Oc2ccccc2)[C@H](O)[C@H](OC(=S)Oc2ccc([N+](=O)[O-])cc2)[C@H]1O. The zero-order chi connectivity index (χ0) is 21.0. The molecule has 2 aromatic rings. The van der Waals surface area contributed by atoms with Crippen LogP contribution in [-0.2, 0) is 9.47 Å². The van der Waals surface area contributed by atoms with Crippen molar-refractivity contribution in [3.05, 3.63) is 64.7 Å². The van der Waals surface area contributed by atoms with E-state index in [1.165, 1.54) is 24.3 Å². The van der Waals surface area contributed by atoms with E-state index in [0.717, 1.165) is 0 Å². The molecule has 0 saturated carbocycles. The Kier molecular flexibility index (Phi) is 6.60. The van der Waals surface area contributed by atoms with Gasteiger partial charge < -0.3 is 29.2 Å². The lowest BCUT2D eigenvalue weighted by Gasteiger charge is -2.40. The van der Waals surface area contributed by atoms with Crippen molar-refractivity contribution in [1.82, 2.24) is 0 Å². The zero-order valence-electron chi connectivity index (χ0n) is 15.3. The fraction of sp³-hybridized carbons (Fsp3) is 0.316. The molecule has 1 heterocycles. The topological polar surface area (TPSA) is 121 Å². The first-order valence-corrected chi connectivity index (χ1v) is 9.12. The Hall–Kier alpha value is -2.79. The lowest BCUT2D eigenvalue weighted by Crippen LogP contribution is -2.59. The van der Waals surface area contributed by atoms with E-state index in [1.807, 2.05) is 6.07 Å². The number of ether oxygens (including phenoxy) is 4. The second kappa shape index (κ2) is 9.14. The Labute approximate surface area is 171 Å². The summed E-state index contributed by atoms with van der Waals surface area (Å²) in [5.41, 5.74) is -0.103. The molecular weight excluding hydrogens is 402 g/mol. The predicted octanol–water partition coefficient (Wildman–Crippen LogP) is 2.19. The van der Waals surface area contributed by atoms with Crippen molar-refractivity contribution in [2.75, 3.05) is 0 Å². The van der Waals surface area contributed by atoms with Gasteiger partial charge in [0.25, 0.3) is 5.69 Å². The van der Waals surface area contributed by atoms with E-state index in [1.54, 1.807) is 31.2 Å². The average Bonchev–Trinajstić information content (AvgIpc) is 2.70. The highest BCUT2D eigenvalue weighted by molar-refractivity contribution is 7.79. The fourth-order valence-corrected chi connectivity index (χ4v) is 2.94. The van der Waals surface area contributed by atoms with Crippen LogP contribution in [0.4, 0.5) is 5.69 Å². The zero-order valence-corrected chi connectivity index (χ0v) is 16.1. The number of nitro benzene ring substituents is 1. The van der Waals surface area contributed by atoms with Crippen LogP contribution < -0.4 is 9.47 Å². The molecule has 0 spiro atoms. The van der Waals surface area contributed by atoms with Crippen LogP contribution >= 0.6 is 12.2 Å². The van der Waals surface area contributed by atoms with Gasteiger partial charge in [0.1, 0.15) is 17.6 Å². The Morgan fingerprint density at radius 1 is 1.07 bits per heavy atom. The maximum Gasteiger partial charge on any atom is 0.358 e. The van der Waals surface area contributed by atoms with Gasteiger partial charge in [0.2, 0.25) is 6.29 Å². The maximum atomic E-state index is 10.7. The Bertz CT molecular complexity index is 847. The fourth-order valence-electron chi connectivity index (χ4n) is 2.73.